The van der Waals surface area contributed by atoms with Crippen LogP contribution >= 0.6 is 22.9 Å². The summed E-state index contributed by atoms with van der Waals surface area (Å²) in [7, 11) is -2.31. The van der Waals surface area contributed by atoms with Gasteiger partial charge in [-0.15, -0.1) is 0 Å². The van der Waals surface area contributed by atoms with E-state index in [1.54, 1.807) is 0 Å². The van der Waals surface area contributed by atoms with Gasteiger partial charge < -0.3 is 0 Å². The Balaban J connectivity index is 1.94. The van der Waals surface area contributed by atoms with Crippen LogP contribution in [-0.2, 0) is 10.0 Å². The molecule has 1 aromatic heterocycles. The summed E-state index contributed by atoms with van der Waals surface area (Å²) in [6.45, 7) is 0. The highest BCUT2D eigenvalue weighted by atomic mass is 35.5. The first-order valence-electron chi connectivity index (χ1n) is 7.30. The van der Waals surface area contributed by atoms with Crippen LogP contribution in [0.4, 0.5) is 10.8 Å². The van der Waals surface area contributed by atoms with E-state index < -0.39 is 20.9 Å². The molecule has 1 heterocycles. The average Bonchev–Trinajstić information content (AvgIpc) is 3.02. The van der Waals surface area contributed by atoms with Gasteiger partial charge in [-0.25, -0.2) is 18.1 Å². The first kappa shape index (κ1) is 19.2. The molecule has 0 saturated heterocycles. The lowest BCUT2D eigenvalue weighted by Crippen LogP contribution is -2.18. The van der Waals surface area contributed by atoms with Crippen molar-refractivity contribution in [3.63, 3.8) is 0 Å². The third-order valence-corrected chi connectivity index (χ3v) is 6.14. The Bertz CT molecular complexity index is 1180. The van der Waals surface area contributed by atoms with Crippen LogP contribution in [0.1, 0.15) is 10.4 Å². The van der Waals surface area contributed by atoms with Gasteiger partial charge in [0.05, 0.1) is 20.0 Å². The molecule has 2 N–H and O–H groups in total. The predicted octanol–water partition coefficient (Wildman–Crippen LogP) is 3.02. The second kappa shape index (κ2) is 7.19. The number of amides is 1. The summed E-state index contributed by atoms with van der Waals surface area (Å²) in [6.07, 6.45) is 0. The first-order chi connectivity index (χ1) is 12.7. The van der Waals surface area contributed by atoms with Gasteiger partial charge >= 0.3 is 0 Å². The molecular formula is C15H11ClN4O5S2. The van der Waals surface area contributed by atoms with E-state index >= 15 is 0 Å². The number of rotatable bonds is 5. The molecule has 12 heteroatoms. The molecule has 0 saturated carbocycles. The minimum atomic E-state index is -3.61. The summed E-state index contributed by atoms with van der Waals surface area (Å²) < 4.78 is 26.5. The minimum absolute atomic E-state index is 0.0597. The highest BCUT2D eigenvalue weighted by Gasteiger charge is 2.22. The second-order valence-electron chi connectivity index (χ2n) is 5.23. The molecule has 0 radical (unpaired) electrons. The molecule has 0 unspecified atom stereocenters. The number of hydrogen-bond donors (Lipinski definition) is 2. The van der Waals surface area contributed by atoms with Crippen molar-refractivity contribution >= 4 is 59.9 Å². The Morgan fingerprint density at radius 2 is 2.00 bits per heavy atom. The zero-order valence-corrected chi connectivity index (χ0v) is 16.0. The first-order valence-corrected chi connectivity index (χ1v) is 9.98. The maximum absolute atomic E-state index is 12.4. The molecule has 1 amide bonds. The van der Waals surface area contributed by atoms with E-state index in [0.717, 1.165) is 17.4 Å². The zero-order valence-electron chi connectivity index (χ0n) is 13.6. The van der Waals surface area contributed by atoms with E-state index in [9.17, 15) is 23.3 Å². The summed E-state index contributed by atoms with van der Waals surface area (Å²) >= 11 is 6.87. The molecule has 0 fully saturated rings. The number of nitro groups is 1. The fourth-order valence-corrected chi connectivity index (χ4v) is 4.16. The number of aromatic nitrogens is 1. The summed E-state index contributed by atoms with van der Waals surface area (Å²) in [4.78, 5) is 27.1. The maximum Gasteiger partial charge on any atom is 0.282 e. The van der Waals surface area contributed by atoms with E-state index in [1.165, 1.54) is 37.4 Å². The van der Waals surface area contributed by atoms with E-state index in [1.807, 2.05) is 0 Å². The molecule has 0 bridgehead atoms. The second-order valence-corrected chi connectivity index (χ2v) is 8.58. The van der Waals surface area contributed by atoms with Gasteiger partial charge in [-0.3, -0.25) is 20.2 Å². The van der Waals surface area contributed by atoms with Crippen LogP contribution in [0.2, 0.25) is 5.02 Å². The van der Waals surface area contributed by atoms with Crippen molar-refractivity contribution in [3.8, 4) is 0 Å². The quantitative estimate of drug-likeness (QED) is 0.476. The van der Waals surface area contributed by atoms with Crippen LogP contribution < -0.4 is 10.0 Å². The summed E-state index contributed by atoms with van der Waals surface area (Å²) in [6, 6.07) is 7.98. The number of hydrogen-bond acceptors (Lipinski definition) is 7. The number of sulfonamides is 1. The predicted molar refractivity (Wildman–Crippen MR) is 102 cm³/mol. The lowest BCUT2D eigenvalue weighted by atomic mass is 10.1. The van der Waals surface area contributed by atoms with Crippen LogP contribution in [0.15, 0.2) is 41.3 Å². The molecule has 27 heavy (non-hydrogen) atoms. The van der Waals surface area contributed by atoms with Gasteiger partial charge in [0.1, 0.15) is 5.56 Å². The minimum Gasteiger partial charge on any atom is -0.298 e. The maximum atomic E-state index is 12.4. The average molecular weight is 427 g/mol. The molecule has 140 valence electrons. The number of fused-ring (bicyclic) bond motifs is 1. The lowest BCUT2D eigenvalue weighted by molar-refractivity contribution is -0.385. The largest absolute Gasteiger partial charge is 0.298 e. The van der Waals surface area contributed by atoms with Gasteiger partial charge in [-0.05, 0) is 37.4 Å². The third kappa shape index (κ3) is 3.90. The summed E-state index contributed by atoms with van der Waals surface area (Å²) in [5.74, 6) is -0.744. The third-order valence-electron chi connectivity index (χ3n) is 3.56. The molecule has 0 aliphatic heterocycles. The van der Waals surface area contributed by atoms with Gasteiger partial charge in [0, 0.05) is 11.1 Å². The fraction of sp³-hybridized carbons (Fsp3) is 0.0667. The molecule has 0 spiro atoms. The number of nitro benzene ring substituents is 1. The van der Waals surface area contributed by atoms with Crippen LogP contribution in [0.3, 0.4) is 0 Å². The molecule has 0 aliphatic rings. The number of carbonyl (C=O) groups is 1. The Morgan fingerprint density at radius 1 is 1.26 bits per heavy atom. The van der Waals surface area contributed by atoms with Crippen LogP contribution in [0, 0.1) is 10.1 Å². The smallest absolute Gasteiger partial charge is 0.282 e. The standard InChI is InChI=1S/C15H11ClN4O5S2/c1-17-27(24,25)9-3-4-11-13(7-9)26-15(18-11)19-14(21)10-6-8(16)2-5-12(10)20(22)23/h2-7,17H,1H3,(H,18,19,21). The number of carbonyl (C=O) groups excluding carboxylic acids is 1. The van der Waals surface area contributed by atoms with Gasteiger partial charge in [-0.2, -0.15) is 0 Å². The monoisotopic (exact) mass is 426 g/mol. The lowest BCUT2D eigenvalue weighted by Gasteiger charge is -2.03. The van der Waals surface area contributed by atoms with Crippen molar-refractivity contribution in [1.29, 1.82) is 0 Å². The molecule has 2 aromatic carbocycles. The SMILES string of the molecule is CNS(=O)(=O)c1ccc2nc(NC(=O)c3cc(Cl)ccc3[N+](=O)[O-])sc2c1. The van der Waals surface area contributed by atoms with Crippen LogP contribution in [-0.4, -0.2) is 31.3 Å². The van der Waals surface area contributed by atoms with Crippen molar-refractivity contribution in [2.45, 2.75) is 4.90 Å². The van der Waals surface area contributed by atoms with Crippen LogP contribution in [0.25, 0.3) is 10.2 Å². The molecule has 0 aliphatic carbocycles. The van der Waals surface area contributed by atoms with Crippen molar-refractivity contribution in [1.82, 2.24) is 9.71 Å². The Kier molecular flexibility index (Phi) is 5.11. The van der Waals surface area contributed by atoms with Crippen molar-refractivity contribution in [3.05, 3.63) is 57.1 Å². The number of nitrogens with zero attached hydrogens (tertiary/aromatic N) is 2. The molecule has 3 aromatic rings. The normalized spacial score (nSPS) is 11.5. The van der Waals surface area contributed by atoms with E-state index in [2.05, 4.69) is 15.0 Å². The summed E-state index contributed by atoms with van der Waals surface area (Å²) in [5, 5.41) is 13.9. The molecular weight excluding hydrogens is 416 g/mol. The topological polar surface area (TPSA) is 131 Å². The Labute approximate surface area is 162 Å². The Hall–Kier alpha value is -2.60. The molecule has 3 rings (SSSR count). The van der Waals surface area contributed by atoms with Crippen molar-refractivity contribution in [2.24, 2.45) is 0 Å². The fourth-order valence-electron chi connectivity index (χ4n) is 2.26. The van der Waals surface area contributed by atoms with Gasteiger partial charge in [0.25, 0.3) is 11.6 Å². The van der Waals surface area contributed by atoms with Gasteiger partial charge in [-0.1, -0.05) is 22.9 Å². The van der Waals surface area contributed by atoms with E-state index in [0.29, 0.717) is 10.2 Å². The van der Waals surface area contributed by atoms with Gasteiger partial charge in [0.15, 0.2) is 5.13 Å². The number of thiazole rings is 1. The highest BCUT2D eigenvalue weighted by Crippen LogP contribution is 2.29. The number of anilines is 1. The number of halogens is 1. The van der Waals surface area contributed by atoms with Crippen molar-refractivity contribution in [2.75, 3.05) is 12.4 Å². The number of benzene rings is 2. The van der Waals surface area contributed by atoms with E-state index in [-0.39, 0.29) is 26.3 Å². The zero-order chi connectivity index (χ0) is 19.8. The Morgan fingerprint density at radius 3 is 2.67 bits per heavy atom. The van der Waals surface area contributed by atoms with Gasteiger partial charge in [0.2, 0.25) is 10.0 Å². The molecule has 0 atom stereocenters. The molecule has 9 nitrogen and oxygen atoms in total. The number of nitrogens with one attached hydrogen (secondary N) is 2. The van der Waals surface area contributed by atoms with E-state index in [4.69, 9.17) is 11.6 Å². The summed E-state index contributed by atoms with van der Waals surface area (Å²) in [5.41, 5.74) is -0.114. The van der Waals surface area contributed by atoms with Crippen LogP contribution in [0.5, 0.6) is 0 Å². The highest BCUT2D eigenvalue weighted by molar-refractivity contribution is 7.89. The van der Waals surface area contributed by atoms with Crippen molar-refractivity contribution < 1.29 is 18.1 Å².